The van der Waals surface area contributed by atoms with Gasteiger partial charge in [0.1, 0.15) is 30.4 Å². The average Bonchev–Trinajstić information content (AvgIpc) is 3.03. The van der Waals surface area contributed by atoms with Crippen LogP contribution < -0.4 is 0 Å². The van der Waals surface area contributed by atoms with Gasteiger partial charge in [0.25, 0.3) is 5.91 Å². The lowest BCUT2D eigenvalue weighted by Crippen LogP contribution is -2.44. The van der Waals surface area contributed by atoms with Gasteiger partial charge in [-0.2, -0.15) is 0 Å². The summed E-state index contributed by atoms with van der Waals surface area (Å²) in [6.45, 7) is -0.833. The summed E-state index contributed by atoms with van der Waals surface area (Å²) >= 11 is 1.25. The van der Waals surface area contributed by atoms with Gasteiger partial charge in [0, 0.05) is 11.3 Å². The van der Waals surface area contributed by atoms with E-state index in [1.165, 1.54) is 22.7 Å². The van der Waals surface area contributed by atoms with Crippen LogP contribution in [0.5, 0.6) is 5.75 Å². The van der Waals surface area contributed by atoms with Gasteiger partial charge in [-0.1, -0.05) is 18.2 Å². The predicted molar refractivity (Wildman–Crippen MR) is 90.8 cm³/mol. The summed E-state index contributed by atoms with van der Waals surface area (Å²) in [5.74, 6) is -2.59. The number of benzene rings is 1. The molecule has 9 nitrogen and oxygen atoms in total. The molecule has 1 heterocycles. The molecular weight excluding hydrogens is 366 g/mol. The van der Waals surface area contributed by atoms with Gasteiger partial charge in [-0.15, -0.1) is 11.8 Å². The Kier molecular flexibility index (Phi) is 7.25. The number of carboxylic acid groups (broad SMARTS) is 2. The highest BCUT2D eigenvalue weighted by Crippen LogP contribution is 2.44. The number of carbonyl (C=O) groups excluding carboxylic acids is 1. The van der Waals surface area contributed by atoms with Gasteiger partial charge in [0.05, 0.1) is 13.2 Å². The molecule has 1 amide bonds. The highest BCUT2D eigenvalue weighted by atomic mass is 32.2. The molecule has 3 N–H and O–H groups in total. The zero-order chi connectivity index (χ0) is 19.1. The van der Waals surface area contributed by atoms with Gasteiger partial charge < -0.3 is 29.7 Å². The van der Waals surface area contributed by atoms with Crippen LogP contribution >= 0.6 is 11.8 Å². The van der Waals surface area contributed by atoms with Crippen LogP contribution in [0.3, 0.4) is 0 Å². The van der Waals surface area contributed by atoms with E-state index in [4.69, 9.17) is 14.6 Å². The van der Waals surface area contributed by atoms with Crippen molar-refractivity contribution < 1.29 is 39.2 Å². The van der Waals surface area contributed by atoms with Crippen LogP contribution in [-0.2, 0) is 23.9 Å². The third-order valence-electron chi connectivity index (χ3n) is 3.60. The van der Waals surface area contributed by atoms with Gasteiger partial charge in [-0.3, -0.25) is 4.79 Å². The fourth-order valence-electron chi connectivity index (χ4n) is 2.45. The quantitative estimate of drug-likeness (QED) is 0.521. The van der Waals surface area contributed by atoms with Crippen molar-refractivity contribution in [1.29, 1.82) is 0 Å². The van der Waals surface area contributed by atoms with Crippen molar-refractivity contribution in [3.8, 4) is 5.75 Å². The number of aliphatic carboxylic acids is 2. The first-order valence-electron chi connectivity index (χ1n) is 7.72. The van der Waals surface area contributed by atoms with Crippen molar-refractivity contribution in [2.45, 2.75) is 11.4 Å². The molecule has 10 heteroatoms. The summed E-state index contributed by atoms with van der Waals surface area (Å²) in [7, 11) is 0. The van der Waals surface area contributed by atoms with Crippen LogP contribution in [0.4, 0.5) is 0 Å². The number of phenols is 1. The number of hydrogen-bond acceptors (Lipinski definition) is 7. The normalized spacial score (nSPS) is 19.5. The van der Waals surface area contributed by atoms with Gasteiger partial charge in [-0.05, 0) is 6.07 Å². The Hall–Kier alpha value is -2.30. The highest BCUT2D eigenvalue weighted by molar-refractivity contribution is 7.99. The first kappa shape index (κ1) is 20.0. The zero-order valence-electron chi connectivity index (χ0n) is 13.7. The number of aromatic hydroxyl groups is 1. The van der Waals surface area contributed by atoms with E-state index in [-0.39, 0.29) is 31.3 Å². The second-order valence-corrected chi connectivity index (χ2v) is 6.51. The topological polar surface area (TPSA) is 134 Å². The van der Waals surface area contributed by atoms with E-state index in [1.54, 1.807) is 18.2 Å². The molecule has 1 unspecified atom stereocenters. The lowest BCUT2D eigenvalue weighted by Gasteiger charge is -2.28. The number of carboxylic acids is 2. The first-order chi connectivity index (χ1) is 12.4. The Labute approximate surface area is 153 Å². The number of para-hydroxylation sites is 1. The number of nitrogens with zero attached hydrogens (tertiary/aromatic N) is 1. The maximum Gasteiger partial charge on any atom is 0.329 e. The van der Waals surface area contributed by atoms with E-state index in [0.717, 1.165) is 0 Å². The van der Waals surface area contributed by atoms with Crippen LogP contribution in [-0.4, -0.2) is 76.3 Å². The molecule has 1 aliphatic heterocycles. The predicted octanol–water partition coefficient (Wildman–Crippen LogP) is 0.537. The molecule has 0 aromatic heterocycles. The van der Waals surface area contributed by atoms with Crippen LogP contribution in [0.25, 0.3) is 0 Å². The van der Waals surface area contributed by atoms with Gasteiger partial charge in [0.2, 0.25) is 0 Å². The third kappa shape index (κ3) is 5.10. The minimum absolute atomic E-state index is 0.000406. The van der Waals surface area contributed by atoms with E-state index in [2.05, 4.69) is 0 Å². The fraction of sp³-hybridized carbons (Fsp3) is 0.438. The molecule has 1 fully saturated rings. The van der Waals surface area contributed by atoms with E-state index in [9.17, 15) is 24.6 Å². The highest BCUT2D eigenvalue weighted by Gasteiger charge is 2.43. The monoisotopic (exact) mass is 385 g/mol. The van der Waals surface area contributed by atoms with E-state index >= 15 is 0 Å². The Morgan fingerprint density at radius 2 is 1.77 bits per heavy atom. The van der Waals surface area contributed by atoms with Gasteiger partial charge in [-0.25, -0.2) is 9.59 Å². The molecule has 1 saturated heterocycles. The maximum atomic E-state index is 12.5. The van der Waals surface area contributed by atoms with Crippen LogP contribution in [0, 0.1) is 0 Å². The number of rotatable bonds is 9. The molecule has 0 radical (unpaired) electrons. The summed E-state index contributed by atoms with van der Waals surface area (Å²) in [4.78, 5) is 35.5. The molecule has 0 spiro atoms. The number of thioether (sulfide) groups is 1. The third-order valence-corrected chi connectivity index (χ3v) is 4.90. The van der Waals surface area contributed by atoms with Crippen LogP contribution in [0.1, 0.15) is 10.9 Å². The van der Waals surface area contributed by atoms with Crippen molar-refractivity contribution in [3.63, 3.8) is 0 Å². The van der Waals surface area contributed by atoms with Crippen LogP contribution in [0.15, 0.2) is 24.3 Å². The SMILES string of the molecule is O=C(O)COCCOCC(=O)N1C(c2ccccc2O)SC[C@H]1C(=O)O. The molecule has 0 aliphatic carbocycles. The molecule has 2 atom stereocenters. The molecule has 26 heavy (non-hydrogen) atoms. The molecule has 0 saturated carbocycles. The smallest absolute Gasteiger partial charge is 0.329 e. The molecule has 2 rings (SSSR count). The van der Waals surface area contributed by atoms with E-state index in [0.29, 0.717) is 5.56 Å². The van der Waals surface area contributed by atoms with E-state index < -0.39 is 35.9 Å². The Morgan fingerprint density at radius 1 is 1.12 bits per heavy atom. The number of amides is 1. The summed E-state index contributed by atoms with van der Waals surface area (Å²) in [5, 5.41) is 27.2. The van der Waals surface area contributed by atoms with Crippen molar-refractivity contribution in [3.05, 3.63) is 29.8 Å². The number of ether oxygens (including phenoxy) is 2. The largest absolute Gasteiger partial charge is 0.508 e. The number of phenolic OH excluding ortho intramolecular Hbond substituents is 1. The second kappa shape index (κ2) is 9.41. The summed E-state index contributed by atoms with van der Waals surface area (Å²) in [6.07, 6.45) is 0. The molecule has 1 aliphatic rings. The second-order valence-electron chi connectivity index (χ2n) is 5.40. The van der Waals surface area contributed by atoms with Crippen molar-refractivity contribution in [1.82, 2.24) is 4.90 Å². The van der Waals surface area contributed by atoms with Crippen LogP contribution in [0.2, 0.25) is 0 Å². The number of carbonyl (C=O) groups is 3. The lowest BCUT2D eigenvalue weighted by molar-refractivity contribution is -0.151. The molecule has 1 aromatic carbocycles. The zero-order valence-corrected chi connectivity index (χ0v) is 14.6. The summed E-state index contributed by atoms with van der Waals surface area (Å²) in [5.41, 5.74) is 0.458. The van der Waals surface area contributed by atoms with Crippen molar-refractivity contribution >= 4 is 29.6 Å². The Bertz CT molecular complexity index is 667. The summed E-state index contributed by atoms with van der Waals surface area (Å²) < 4.78 is 9.95. The standard InChI is InChI=1S/C16H19NO8S/c18-12-4-2-1-3-10(12)15-17(11(9-26-15)16(22)23)13(19)7-24-5-6-25-8-14(20)21/h1-4,11,15,18H,5-9H2,(H,20,21)(H,22,23)/t11-,15?/m0/s1. The molecule has 1 aromatic rings. The van der Waals surface area contributed by atoms with Gasteiger partial charge in [0.15, 0.2) is 0 Å². The fourth-order valence-corrected chi connectivity index (χ4v) is 3.92. The van der Waals surface area contributed by atoms with Crippen molar-refractivity contribution in [2.75, 3.05) is 32.2 Å². The molecule has 0 bridgehead atoms. The first-order valence-corrected chi connectivity index (χ1v) is 8.77. The average molecular weight is 385 g/mol. The van der Waals surface area contributed by atoms with E-state index in [1.807, 2.05) is 0 Å². The summed E-state index contributed by atoms with van der Waals surface area (Å²) in [6, 6.07) is 5.42. The Morgan fingerprint density at radius 3 is 2.38 bits per heavy atom. The van der Waals surface area contributed by atoms with Gasteiger partial charge >= 0.3 is 11.9 Å². The lowest BCUT2D eigenvalue weighted by atomic mass is 10.1. The minimum atomic E-state index is -1.13. The number of hydrogen-bond donors (Lipinski definition) is 3. The van der Waals surface area contributed by atoms with Crippen molar-refractivity contribution in [2.24, 2.45) is 0 Å². The molecular formula is C16H19NO8S. The maximum absolute atomic E-state index is 12.5. The molecule has 142 valence electrons. The Balaban J connectivity index is 1.99. The minimum Gasteiger partial charge on any atom is -0.508 e.